The Morgan fingerprint density at radius 3 is 1.12 bits per heavy atom. The average Bonchev–Trinajstić information content (AvgIpc) is 1.70. The van der Waals surface area contributed by atoms with E-state index >= 15 is 0 Å². The normalized spacial score (nSPS) is 16.5. The molecule has 2 fully saturated rings. The van der Waals surface area contributed by atoms with E-state index in [9.17, 15) is 156 Å². The van der Waals surface area contributed by atoms with Crippen molar-refractivity contribution in [2.45, 2.75) is 267 Å². The molecule has 2 aliphatic rings. The average molecular weight is 1990 g/mol. The molecule has 0 saturated carbocycles. The minimum atomic E-state index is -2.29. The number of hydroxylamine groups is 1. The number of phenols is 1. The molecule has 141 heavy (non-hydrogen) atoms. The molecule has 51 heteroatoms. The minimum Gasteiger partial charge on any atom is -0.508 e. The lowest BCUT2D eigenvalue weighted by atomic mass is 9.92. The number of nitrogens with two attached hydrogens (primary N) is 2. The summed E-state index contributed by atoms with van der Waals surface area (Å²) in [6, 6.07) is -6.34. The first-order chi connectivity index (χ1) is 66.4. The van der Waals surface area contributed by atoms with E-state index < -0.39 is 328 Å². The van der Waals surface area contributed by atoms with Crippen molar-refractivity contribution < 1.29 is 156 Å². The summed E-state index contributed by atoms with van der Waals surface area (Å²) in [5.41, 5.74) is 14.9. The van der Waals surface area contributed by atoms with Crippen LogP contribution in [0.3, 0.4) is 0 Å². The van der Waals surface area contributed by atoms with E-state index in [0.717, 1.165) is 25.7 Å². The smallest absolute Gasteiger partial charge is 0.305 e. The molecule has 0 spiro atoms. The highest BCUT2D eigenvalue weighted by atomic mass is 16.5. The first-order valence-electron chi connectivity index (χ1n) is 45.3. The molecule has 0 unspecified atom stereocenters. The number of likely N-dealkylation sites (tertiary alicyclic amines) is 2. The molecule has 0 aliphatic carbocycles. The largest absolute Gasteiger partial charge is 0.508 e. The van der Waals surface area contributed by atoms with Crippen LogP contribution in [0.1, 0.15) is 161 Å². The molecule has 0 bridgehead atoms. The number of primary amides is 1. The lowest BCUT2D eigenvalue weighted by Crippen LogP contribution is -2.61. The van der Waals surface area contributed by atoms with Crippen LogP contribution in [0.15, 0.2) is 84.9 Å². The number of carboxylic acids is 5. The van der Waals surface area contributed by atoms with Crippen molar-refractivity contribution in [2.75, 3.05) is 26.2 Å². The van der Waals surface area contributed by atoms with E-state index in [1.165, 1.54) is 29.2 Å². The van der Waals surface area contributed by atoms with E-state index in [2.05, 4.69) is 69.1 Å². The molecule has 5 rings (SSSR count). The van der Waals surface area contributed by atoms with Crippen molar-refractivity contribution in [3.05, 3.63) is 102 Å². The second-order valence-corrected chi connectivity index (χ2v) is 34.7. The number of ketones is 2. The molecule has 51 nitrogen and oxygen atoms in total. The number of aliphatic hydroxyl groups excluding tert-OH is 1. The number of carboxylic acid groups (broad SMARTS) is 5. The fourth-order valence-electron chi connectivity index (χ4n) is 14.8. The second-order valence-electron chi connectivity index (χ2n) is 34.7. The van der Waals surface area contributed by atoms with Gasteiger partial charge in [-0.3, -0.25) is 115 Å². The van der Waals surface area contributed by atoms with Gasteiger partial charge < -0.3 is 137 Å². The highest BCUT2D eigenvalue weighted by Crippen LogP contribution is 2.25. The first-order valence-corrected chi connectivity index (χ1v) is 45.3. The molecule has 3 aromatic rings. The van der Waals surface area contributed by atoms with Gasteiger partial charge in [-0.2, -0.15) is 5.48 Å². The number of nitrogens with one attached hydrogen (secondary N) is 15. The maximum absolute atomic E-state index is 14.6. The summed E-state index contributed by atoms with van der Waals surface area (Å²) in [6.07, 6.45) is -8.46. The number of aliphatic hydroxyl groups is 1. The predicted octanol–water partition coefficient (Wildman–Crippen LogP) is -6.80. The Labute approximate surface area is 807 Å². The predicted molar refractivity (Wildman–Crippen MR) is 488 cm³/mol. The van der Waals surface area contributed by atoms with Gasteiger partial charge in [0.05, 0.1) is 38.1 Å². The lowest BCUT2D eigenvalue weighted by Gasteiger charge is -2.31. The summed E-state index contributed by atoms with van der Waals surface area (Å²) in [5, 5.41) is 111. The first kappa shape index (κ1) is 116. The van der Waals surface area contributed by atoms with Crippen LogP contribution in [0.4, 0.5) is 0 Å². The Kier molecular flexibility index (Phi) is 47.4. The maximum Gasteiger partial charge on any atom is 0.305 e. The number of hydrogen-bond acceptors (Lipinski definition) is 29. The molecule has 27 N–H and O–H groups in total. The SMILES string of the molecule is CC(C)C[C@H](NC(=O)[C@H](CCC(=O)O)NC(=O)[C@H](Cc1ccccc1)NO)C(=O)N1CCC[C@H]1C(=O)N[C@@H](Cc1ccccc1)C(=O)N[C@@H](C)C(=O)N[C@@H](CCC(=O)O)C(=O)N[C@@H](C)C(=O)N[C@@H](CO)C(=O)N[C@@H](CCC(=O)O)C(=O)N[C@@H](CC(=O)O)C(=O)N[C@@H](CCC(=O)O)C(=O)N[C@@H](C)C(=O)NCC(=O)N[C@@H](CC(N)=O)C(=O)N1CCC[C@H]1C(=O)N[C@@H](Cc1ccc(O)cc1)C(=O)C(=O)[C@@H](N)C(C)C. The van der Waals surface area contributed by atoms with Gasteiger partial charge in [0.2, 0.25) is 112 Å². The standard InChI is InChI=1S/C90H125N19O32/c1-44(2)36-61(105-82(132)56(29-33-71(120)121)100-85(135)60(107-141)39-50-18-12-9-13-19-50)89(139)108-34-15-21-65(108)88(138)104-58(38-49-16-10-8-11-17-49)83(133)96-47(6)77(127)98-53(26-30-68(114)115)79(129)95-48(7)78(128)106-63(43-110)86(136)101-55(28-32-70(118)119)81(131)103-59(41-72(122)123)84(134)99-54(27-31-69(116)117)80(130)94-46(5)76(126)93-42-67(113)97-62(40-66(91)112)90(140)109-35-14-20-64(109)87(137)102-57(37-51-22-24-52(111)25-23-51)74(124)75(125)73(92)45(3)4/h8-13,16-19,22-25,44-48,53-65,73,107,110-111,141H,14-15,20-21,26-43,92H2,1-7H3,(H2,91,112)(H,93,126)(H,94,130)(H,95,129)(H,96,133)(H,97,113)(H,98,127)(H,99,134)(H,100,135)(H,101,136)(H,102,137)(H,103,131)(H,104,138)(H,105,132)(H,106,128)(H,114,115)(H,116,117)(H,118,119)(H,120,121)(H,122,123)/t46-,47-,48-,53-,54-,55-,56-,57-,58-,59-,60-,61-,62-,63-,64-,65-,73-/m0/s1. The summed E-state index contributed by atoms with van der Waals surface area (Å²) < 4.78 is 0. The van der Waals surface area contributed by atoms with Crippen molar-refractivity contribution in [3.63, 3.8) is 0 Å². The Balaban J connectivity index is 1.23. The van der Waals surface area contributed by atoms with Gasteiger partial charge in [0.25, 0.3) is 0 Å². The molecule has 2 saturated heterocycles. The maximum atomic E-state index is 14.6. The van der Waals surface area contributed by atoms with Gasteiger partial charge in [-0.15, -0.1) is 0 Å². The highest BCUT2D eigenvalue weighted by Gasteiger charge is 2.45. The molecule has 17 amide bonds. The summed E-state index contributed by atoms with van der Waals surface area (Å²) >= 11 is 0. The van der Waals surface area contributed by atoms with Gasteiger partial charge in [-0.05, 0) is 126 Å². The number of phenolic OH excluding ortho intramolecular Hbond substituents is 1. The van der Waals surface area contributed by atoms with Gasteiger partial charge in [-0.25, -0.2) is 0 Å². The van der Waals surface area contributed by atoms with E-state index in [0.29, 0.717) is 16.7 Å². The number of carbonyl (C=O) groups excluding carboxylic acids is 19. The summed E-state index contributed by atoms with van der Waals surface area (Å²) in [7, 11) is 0. The van der Waals surface area contributed by atoms with Crippen LogP contribution in [-0.2, 0) is 134 Å². The van der Waals surface area contributed by atoms with Crippen LogP contribution in [0, 0.1) is 11.8 Å². The topological polar surface area (TPSA) is 810 Å². The lowest BCUT2D eigenvalue weighted by molar-refractivity contribution is -0.144. The van der Waals surface area contributed by atoms with Gasteiger partial charge in [0.15, 0.2) is 0 Å². The van der Waals surface area contributed by atoms with Gasteiger partial charge in [-0.1, -0.05) is 100 Å². The van der Waals surface area contributed by atoms with Crippen LogP contribution < -0.4 is 91.4 Å². The van der Waals surface area contributed by atoms with Crippen molar-refractivity contribution in [3.8, 4) is 5.75 Å². The Bertz CT molecular complexity index is 4990. The number of aromatic hydroxyl groups is 1. The van der Waals surface area contributed by atoms with E-state index in [1.807, 2.05) is 10.8 Å². The number of carbonyl (C=O) groups is 24. The van der Waals surface area contributed by atoms with Crippen molar-refractivity contribution in [1.82, 2.24) is 89.7 Å². The molecule has 2 aliphatic heterocycles. The van der Waals surface area contributed by atoms with Crippen molar-refractivity contribution >= 4 is 142 Å². The van der Waals surface area contributed by atoms with Crippen LogP contribution in [-0.4, -0.2) is 322 Å². The van der Waals surface area contributed by atoms with Gasteiger partial charge >= 0.3 is 29.8 Å². The number of nitrogens with zero attached hydrogens (tertiary/aromatic N) is 2. The second kappa shape index (κ2) is 57.4. The number of Topliss-reactive ketones (excluding diaryl/α,β-unsaturated/α-hetero) is 2. The van der Waals surface area contributed by atoms with Gasteiger partial charge in [0, 0.05) is 51.6 Å². The van der Waals surface area contributed by atoms with E-state index in [-0.39, 0.29) is 76.1 Å². The monoisotopic (exact) mass is 1980 g/mol. The third-order valence-electron chi connectivity index (χ3n) is 22.6. The highest BCUT2D eigenvalue weighted by molar-refractivity contribution is 6.41. The van der Waals surface area contributed by atoms with Crippen LogP contribution in [0.2, 0.25) is 0 Å². The molecule has 0 radical (unpaired) electrons. The number of aliphatic carboxylic acids is 5. The molecular formula is C90H125N19O32. The van der Waals surface area contributed by atoms with Crippen molar-refractivity contribution in [2.24, 2.45) is 23.3 Å². The van der Waals surface area contributed by atoms with E-state index in [4.69, 9.17) is 11.5 Å². The quantitative estimate of drug-likeness (QED) is 0.0184. The van der Waals surface area contributed by atoms with Gasteiger partial charge in [0.1, 0.15) is 96.4 Å². The molecule has 3 aromatic carbocycles. The number of benzene rings is 3. The third kappa shape index (κ3) is 39.1. The summed E-state index contributed by atoms with van der Waals surface area (Å²) in [4.78, 5) is 325. The Morgan fingerprint density at radius 2 is 0.716 bits per heavy atom. The summed E-state index contributed by atoms with van der Waals surface area (Å²) in [5.74, 6) is -30.3. The Morgan fingerprint density at radius 1 is 0.369 bits per heavy atom. The fourth-order valence-corrected chi connectivity index (χ4v) is 14.8. The molecule has 2 heterocycles. The number of amides is 17. The summed E-state index contributed by atoms with van der Waals surface area (Å²) in [6.45, 7) is 7.35. The zero-order valence-corrected chi connectivity index (χ0v) is 78.5. The Hall–Kier alpha value is -15.0. The third-order valence-corrected chi connectivity index (χ3v) is 22.6. The number of hydrogen-bond donors (Lipinski definition) is 25. The zero-order valence-electron chi connectivity index (χ0n) is 78.5. The van der Waals surface area contributed by atoms with Crippen molar-refractivity contribution in [1.29, 1.82) is 0 Å². The molecule has 17 atom stereocenters. The zero-order chi connectivity index (χ0) is 105. The molecule has 0 aromatic heterocycles. The van der Waals surface area contributed by atoms with Crippen LogP contribution >= 0.6 is 0 Å². The minimum absolute atomic E-state index is 0.0103. The fraction of sp³-hybridized carbons (Fsp3) is 0.533. The van der Waals surface area contributed by atoms with E-state index in [1.54, 1.807) is 88.4 Å². The van der Waals surface area contributed by atoms with Crippen LogP contribution in [0.5, 0.6) is 5.75 Å². The van der Waals surface area contributed by atoms with Crippen LogP contribution in [0.25, 0.3) is 0 Å². The number of rotatable bonds is 60. The molecule has 772 valence electrons. The molecular weight excluding hydrogens is 1860 g/mol.